The van der Waals surface area contributed by atoms with Gasteiger partial charge in [-0.05, 0) is 18.2 Å². The number of carbonyl (C=O) groups is 1. The summed E-state index contributed by atoms with van der Waals surface area (Å²) in [4.78, 5) is 35.8. The van der Waals surface area contributed by atoms with Crippen LogP contribution in [0.5, 0.6) is 0 Å². The summed E-state index contributed by atoms with van der Waals surface area (Å²) in [7, 11) is 2.70. The molecule has 104 valence electrons. The Labute approximate surface area is 112 Å². The van der Waals surface area contributed by atoms with Crippen LogP contribution < -0.4 is 17.0 Å². The monoisotopic (exact) mass is 277 g/mol. The first-order chi connectivity index (χ1) is 9.32. The van der Waals surface area contributed by atoms with Gasteiger partial charge in [-0.3, -0.25) is 14.2 Å². The standard InChI is InChI=1S/C13H12FN3O3/c1-16-6-9(12(19)17(2)13(16)20)11(18)8-4-3-7(14)5-10(8)15/h3-6H,15H2,1-2H3. The predicted octanol–water partition coefficient (Wildman–Crippen LogP) is 0.0363. The van der Waals surface area contributed by atoms with Gasteiger partial charge in [0.05, 0.1) is 0 Å². The van der Waals surface area contributed by atoms with Crippen LogP contribution in [0, 0.1) is 5.82 Å². The molecule has 0 saturated carbocycles. The van der Waals surface area contributed by atoms with E-state index in [1.54, 1.807) is 0 Å². The Hall–Kier alpha value is -2.70. The van der Waals surface area contributed by atoms with E-state index in [9.17, 15) is 18.8 Å². The predicted molar refractivity (Wildman–Crippen MR) is 71.2 cm³/mol. The maximum Gasteiger partial charge on any atom is 0.330 e. The third kappa shape index (κ3) is 2.13. The molecule has 1 aromatic heterocycles. The largest absolute Gasteiger partial charge is 0.398 e. The minimum absolute atomic E-state index is 0.0159. The molecule has 0 spiro atoms. The summed E-state index contributed by atoms with van der Waals surface area (Å²) in [5, 5.41) is 0. The number of rotatable bonds is 2. The van der Waals surface area contributed by atoms with Crippen LogP contribution in [0.3, 0.4) is 0 Å². The molecule has 1 heterocycles. The van der Waals surface area contributed by atoms with Crippen molar-refractivity contribution in [2.75, 3.05) is 5.73 Å². The lowest BCUT2D eigenvalue weighted by atomic mass is 10.0. The Kier molecular flexibility index (Phi) is 3.27. The lowest BCUT2D eigenvalue weighted by Crippen LogP contribution is -2.39. The fourth-order valence-electron chi connectivity index (χ4n) is 1.85. The molecule has 2 rings (SSSR count). The van der Waals surface area contributed by atoms with E-state index >= 15 is 0 Å². The molecule has 0 unspecified atom stereocenters. The van der Waals surface area contributed by atoms with Gasteiger partial charge in [-0.1, -0.05) is 0 Å². The van der Waals surface area contributed by atoms with Crippen molar-refractivity contribution in [1.82, 2.24) is 9.13 Å². The summed E-state index contributed by atoms with van der Waals surface area (Å²) in [5.41, 5.74) is 4.06. The quantitative estimate of drug-likeness (QED) is 0.620. The zero-order valence-electron chi connectivity index (χ0n) is 10.9. The van der Waals surface area contributed by atoms with E-state index in [1.807, 2.05) is 0 Å². The number of nitrogen functional groups attached to an aromatic ring is 1. The van der Waals surface area contributed by atoms with Crippen molar-refractivity contribution < 1.29 is 9.18 Å². The molecule has 0 saturated heterocycles. The number of benzene rings is 1. The van der Waals surface area contributed by atoms with Crippen molar-refractivity contribution in [3.05, 3.63) is 62.2 Å². The van der Waals surface area contributed by atoms with E-state index in [2.05, 4.69) is 0 Å². The molecule has 20 heavy (non-hydrogen) atoms. The minimum Gasteiger partial charge on any atom is -0.398 e. The lowest BCUT2D eigenvalue weighted by Gasteiger charge is -2.07. The maximum absolute atomic E-state index is 13.0. The highest BCUT2D eigenvalue weighted by molar-refractivity contribution is 6.11. The number of aryl methyl sites for hydroxylation is 1. The summed E-state index contributed by atoms with van der Waals surface area (Å²) in [6.07, 6.45) is 1.15. The van der Waals surface area contributed by atoms with Gasteiger partial charge in [0, 0.05) is 31.5 Å². The topological polar surface area (TPSA) is 87.1 Å². The molecule has 0 aliphatic rings. The van der Waals surface area contributed by atoms with Crippen LogP contribution in [0.15, 0.2) is 34.0 Å². The Morgan fingerprint density at radius 3 is 2.45 bits per heavy atom. The lowest BCUT2D eigenvalue weighted by molar-refractivity contribution is 0.103. The second kappa shape index (κ2) is 4.76. The Morgan fingerprint density at radius 2 is 1.85 bits per heavy atom. The van der Waals surface area contributed by atoms with Gasteiger partial charge >= 0.3 is 5.69 Å². The van der Waals surface area contributed by atoms with E-state index < -0.39 is 22.8 Å². The SMILES string of the molecule is Cn1cc(C(=O)c2ccc(F)cc2N)c(=O)n(C)c1=O. The fourth-order valence-corrected chi connectivity index (χ4v) is 1.85. The first-order valence-electron chi connectivity index (χ1n) is 5.69. The molecule has 1 aromatic carbocycles. The van der Waals surface area contributed by atoms with Crippen LogP contribution in [0.4, 0.5) is 10.1 Å². The highest BCUT2D eigenvalue weighted by atomic mass is 19.1. The van der Waals surface area contributed by atoms with Gasteiger partial charge in [0.15, 0.2) is 0 Å². The van der Waals surface area contributed by atoms with E-state index in [1.165, 1.54) is 20.2 Å². The molecule has 0 atom stereocenters. The van der Waals surface area contributed by atoms with E-state index in [0.717, 1.165) is 27.5 Å². The summed E-state index contributed by atoms with van der Waals surface area (Å²) < 4.78 is 14.9. The zero-order valence-corrected chi connectivity index (χ0v) is 10.9. The Morgan fingerprint density at radius 1 is 1.20 bits per heavy atom. The van der Waals surface area contributed by atoms with Gasteiger partial charge in [0.1, 0.15) is 11.4 Å². The molecule has 0 bridgehead atoms. The van der Waals surface area contributed by atoms with E-state index in [0.29, 0.717) is 0 Å². The number of halogens is 1. The number of hydrogen-bond acceptors (Lipinski definition) is 4. The highest BCUT2D eigenvalue weighted by Crippen LogP contribution is 2.16. The van der Waals surface area contributed by atoms with Crippen molar-refractivity contribution >= 4 is 11.5 Å². The van der Waals surface area contributed by atoms with E-state index in [-0.39, 0.29) is 16.8 Å². The first kappa shape index (κ1) is 13.7. The first-order valence-corrected chi connectivity index (χ1v) is 5.69. The molecule has 0 aliphatic heterocycles. The highest BCUT2D eigenvalue weighted by Gasteiger charge is 2.18. The van der Waals surface area contributed by atoms with Gasteiger partial charge in [0.25, 0.3) is 5.56 Å². The van der Waals surface area contributed by atoms with Crippen molar-refractivity contribution in [2.24, 2.45) is 14.1 Å². The van der Waals surface area contributed by atoms with Crippen molar-refractivity contribution in [2.45, 2.75) is 0 Å². The number of anilines is 1. The molecule has 0 amide bonds. The maximum atomic E-state index is 13.0. The number of ketones is 1. The van der Waals surface area contributed by atoms with Gasteiger partial charge in [0.2, 0.25) is 5.78 Å². The van der Waals surface area contributed by atoms with Crippen molar-refractivity contribution in [3.8, 4) is 0 Å². The molecule has 6 nitrogen and oxygen atoms in total. The van der Waals surface area contributed by atoms with Gasteiger partial charge in [-0.2, -0.15) is 0 Å². The molecule has 7 heteroatoms. The Bertz CT molecular complexity index is 821. The number of hydrogen-bond donors (Lipinski definition) is 1. The number of nitrogens with zero attached hydrogens (tertiary/aromatic N) is 2. The average molecular weight is 277 g/mol. The molecule has 0 radical (unpaired) electrons. The van der Waals surface area contributed by atoms with Gasteiger partial charge < -0.3 is 10.3 Å². The number of nitrogens with two attached hydrogens (primary N) is 1. The average Bonchev–Trinajstić information content (AvgIpc) is 2.40. The Balaban J connectivity index is 2.66. The summed E-state index contributed by atoms with van der Waals surface area (Å²) in [6, 6.07) is 3.28. The summed E-state index contributed by atoms with van der Waals surface area (Å²) in [5.74, 6) is -1.23. The molecule has 2 aromatic rings. The fraction of sp³-hybridized carbons (Fsp3) is 0.154. The third-order valence-corrected chi connectivity index (χ3v) is 2.95. The number of aromatic nitrogens is 2. The summed E-state index contributed by atoms with van der Waals surface area (Å²) >= 11 is 0. The normalized spacial score (nSPS) is 10.6. The molecular formula is C13H12FN3O3. The van der Waals surface area contributed by atoms with Gasteiger partial charge in [-0.25, -0.2) is 9.18 Å². The van der Waals surface area contributed by atoms with Crippen LogP contribution in [0.25, 0.3) is 0 Å². The van der Waals surface area contributed by atoms with Crippen LogP contribution in [0.1, 0.15) is 15.9 Å². The molecular weight excluding hydrogens is 265 g/mol. The molecule has 2 N–H and O–H groups in total. The second-order valence-corrected chi connectivity index (χ2v) is 4.36. The van der Waals surface area contributed by atoms with Crippen molar-refractivity contribution in [3.63, 3.8) is 0 Å². The molecule has 0 aliphatic carbocycles. The van der Waals surface area contributed by atoms with Crippen LogP contribution in [-0.4, -0.2) is 14.9 Å². The van der Waals surface area contributed by atoms with Crippen molar-refractivity contribution in [1.29, 1.82) is 0 Å². The molecule has 0 fully saturated rings. The summed E-state index contributed by atoms with van der Waals surface area (Å²) in [6.45, 7) is 0. The van der Waals surface area contributed by atoms with Crippen LogP contribution in [-0.2, 0) is 14.1 Å². The van der Waals surface area contributed by atoms with Crippen LogP contribution in [0.2, 0.25) is 0 Å². The zero-order chi connectivity index (χ0) is 15.0. The smallest absolute Gasteiger partial charge is 0.330 e. The minimum atomic E-state index is -0.721. The van der Waals surface area contributed by atoms with Gasteiger partial charge in [-0.15, -0.1) is 0 Å². The second-order valence-electron chi connectivity index (χ2n) is 4.36. The number of carbonyl (C=O) groups excluding carboxylic acids is 1. The van der Waals surface area contributed by atoms with E-state index in [4.69, 9.17) is 5.73 Å². The van der Waals surface area contributed by atoms with Crippen LogP contribution >= 0.6 is 0 Å². The third-order valence-electron chi connectivity index (χ3n) is 2.95.